The number of morpholine rings is 1. The molecule has 1 fully saturated rings. The van der Waals surface area contributed by atoms with E-state index >= 15 is 0 Å². The van der Waals surface area contributed by atoms with Gasteiger partial charge in [-0.1, -0.05) is 0 Å². The SMILES string of the molecule is CN(C)C[C@H]1CN(C[C@H](O)COCc2ccco2)CCO1. The fraction of sp³-hybridized carbons (Fsp3) is 0.733. The Kier molecular flexibility index (Phi) is 6.66. The predicted molar refractivity (Wildman–Crippen MR) is 79.1 cm³/mol. The van der Waals surface area contributed by atoms with Crippen LogP contribution >= 0.6 is 0 Å². The molecular formula is C15H26N2O4. The van der Waals surface area contributed by atoms with Crippen molar-refractivity contribution < 1.29 is 19.0 Å². The minimum atomic E-state index is -0.488. The molecule has 1 N–H and O–H groups in total. The number of ether oxygens (including phenoxy) is 2. The third-order valence-electron chi connectivity index (χ3n) is 3.40. The van der Waals surface area contributed by atoms with Crippen molar-refractivity contribution >= 4 is 0 Å². The smallest absolute Gasteiger partial charge is 0.129 e. The molecule has 2 heterocycles. The van der Waals surface area contributed by atoms with Crippen molar-refractivity contribution in [2.45, 2.75) is 18.8 Å². The summed E-state index contributed by atoms with van der Waals surface area (Å²) in [7, 11) is 4.08. The summed E-state index contributed by atoms with van der Waals surface area (Å²) in [4.78, 5) is 4.36. The van der Waals surface area contributed by atoms with Gasteiger partial charge in [-0.2, -0.15) is 0 Å². The number of aliphatic hydroxyl groups excluding tert-OH is 1. The first kappa shape index (κ1) is 16.5. The summed E-state index contributed by atoms with van der Waals surface area (Å²) < 4.78 is 16.4. The van der Waals surface area contributed by atoms with Gasteiger partial charge in [0.25, 0.3) is 0 Å². The maximum absolute atomic E-state index is 10.0. The van der Waals surface area contributed by atoms with Gasteiger partial charge in [0.2, 0.25) is 0 Å². The summed E-state index contributed by atoms with van der Waals surface area (Å²) >= 11 is 0. The van der Waals surface area contributed by atoms with E-state index in [-0.39, 0.29) is 6.10 Å². The van der Waals surface area contributed by atoms with E-state index in [1.165, 1.54) is 0 Å². The highest BCUT2D eigenvalue weighted by molar-refractivity contribution is 4.96. The van der Waals surface area contributed by atoms with Crippen LogP contribution in [0.5, 0.6) is 0 Å². The number of rotatable bonds is 8. The highest BCUT2D eigenvalue weighted by atomic mass is 16.5. The Morgan fingerprint density at radius 1 is 1.52 bits per heavy atom. The zero-order valence-electron chi connectivity index (χ0n) is 12.9. The van der Waals surface area contributed by atoms with Gasteiger partial charge in [0, 0.05) is 26.2 Å². The molecule has 120 valence electrons. The van der Waals surface area contributed by atoms with Crippen LogP contribution in [0.1, 0.15) is 5.76 Å². The van der Waals surface area contributed by atoms with Gasteiger partial charge in [-0.25, -0.2) is 0 Å². The average molecular weight is 298 g/mol. The van der Waals surface area contributed by atoms with Crippen molar-refractivity contribution in [1.82, 2.24) is 9.80 Å². The molecule has 1 aliphatic heterocycles. The lowest BCUT2D eigenvalue weighted by molar-refractivity contribution is -0.0590. The van der Waals surface area contributed by atoms with Crippen LogP contribution < -0.4 is 0 Å². The quantitative estimate of drug-likeness (QED) is 0.751. The normalized spacial score (nSPS) is 21.8. The Morgan fingerprint density at radius 2 is 2.38 bits per heavy atom. The molecule has 1 aromatic rings. The van der Waals surface area contributed by atoms with Crippen LogP contribution in [0.4, 0.5) is 0 Å². The molecule has 0 saturated carbocycles. The summed E-state index contributed by atoms with van der Waals surface area (Å²) in [6.45, 7) is 4.67. The molecule has 6 heteroatoms. The van der Waals surface area contributed by atoms with Gasteiger partial charge in [0.05, 0.1) is 31.7 Å². The first-order chi connectivity index (χ1) is 10.1. The van der Waals surface area contributed by atoms with E-state index in [0.717, 1.165) is 32.0 Å². The fourth-order valence-corrected chi connectivity index (χ4v) is 2.50. The van der Waals surface area contributed by atoms with Crippen LogP contribution in [0.2, 0.25) is 0 Å². The van der Waals surface area contributed by atoms with E-state index in [1.54, 1.807) is 6.26 Å². The molecule has 2 atom stereocenters. The third kappa shape index (κ3) is 6.15. The molecule has 0 unspecified atom stereocenters. The van der Waals surface area contributed by atoms with Gasteiger partial charge in [-0.3, -0.25) is 4.90 Å². The maximum Gasteiger partial charge on any atom is 0.129 e. The Labute approximate surface area is 126 Å². The molecule has 6 nitrogen and oxygen atoms in total. The summed E-state index contributed by atoms with van der Waals surface area (Å²) in [6.07, 6.45) is 1.34. The van der Waals surface area contributed by atoms with Crippen LogP contribution in [0.3, 0.4) is 0 Å². The van der Waals surface area contributed by atoms with Crippen molar-refractivity contribution in [3.8, 4) is 0 Å². The number of likely N-dealkylation sites (N-methyl/N-ethyl adjacent to an activating group) is 1. The van der Waals surface area contributed by atoms with Gasteiger partial charge in [-0.15, -0.1) is 0 Å². The molecule has 1 aliphatic rings. The van der Waals surface area contributed by atoms with Gasteiger partial charge < -0.3 is 23.9 Å². The van der Waals surface area contributed by atoms with Crippen molar-refractivity contribution in [3.05, 3.63) is 24.2 Å². The second-order valence-corrected chi connectivity index (χ2v) is 5.76. The molecule has 21 heavy (non-hydrogen) atoms. The number of hydrogen-bond donors (Lipinski definition) is 1. The van der Waals surface area contributed by atoms with Crippen molar-refractivity contribution in [1.29, 1.82) is 0 Å². The van der Waals surface area contributed by atoms with Crippen LogP contribution in [0.25, 0.3) is 0 Å². The Balaban J connectivity index is 1.63. The predicted octanol–water partition coefficient (Wildman–Crippen LogP) is 0.420. The van der Waals surface area contributed by atoms with E-state index in [4.69, 9.17) is 13.9 Å². The van der Waals surface area contributed by atoms with Gasteiger partial charge >= 0.3 is 0 Å². The van der Waals surface area contributed by atoms with Gasteiger partial charge in [0.15, 0.2) is 0 Å². The molecule has 2 rings (SSSR count). The lowest BCUT2D eigenvalue weighted by atomic mass is 10.2. The van der Waals surface area contributed by atoms with Crippen molar-refractivity contribution in [2.75, 3.05) is 53.5 Å². The summed E-state index contributed by atoms with van der Waals surface area (Å²) in [5, 5.41) is 10.0. The number of aliphatic hydroxyl groups is 1. The Bertz CT molecular complexity index is 383. The third-order valence-corrected chi connectivity index (χ3v) is 3.40. The highest BCUT2D eigenvalue weighted by Gasteiger charge is 2.22. The molecule has 0 bridgehead atoms. The van der Waals surface area contributed by atoms with Crippen LogP contribution in [-0.4, -0.2) is 80.6 Å². The topological polar surface area (TPSA) is 58.3 Å². The zero-order chi connectivity index (χ0) is 15.1. The second kappa shape index (κ2) is 8.51. The van der Waals surface area contributed by atoms with Gasteiger partial charge in [0.1, 0.15) is 12.4 Å². The molecule has 0 amide bonds. The molecule has 0 aliphatic carbocycles. The summed E-state index contributed by atoms with van der Waals surface area (Å²) in [5.74, 6) is 0.777. The minimum absolute atomic E-state index is 0.213. The number of furan rings is 1. The van der Waals surface area contributed by atoms with Crippen LogP contribution in [0.15, 0.2) is 22.8 Å². The molecule has 0 radical (unpaired) electrons. The largest absolute Gasteiger partial charge is 0.467 e. The first-order valence-corrected chi connectivity index (χ1v) is 7.40. The molecule has 0 spiro atoms. The molecule has 1 saturated heterocycles. The monoisotopic (exact) mass is 298 g/mol. The van der Waals surface area contributed by atoms with Gasteiger partial charge in [-0.05, 0) is 26.2 Å². The molecule has 0 aromatic carbocycles. The number of hydrogen-bond acceptors (Lipinski definition) is 6. The lowest BCUT2D eigenvalue weighted by Crippen LogP contribution is -2.49. The van der Waals surface area contributed by atoms with Crippen LogP contribution in [-0.2, 0) is 16.1 Å². The lowest BCUT2D eigenvalue weighted by Gasteiger charge is -2.35. The van der Waals surface area contributed by atoms with E-state index in [2.05, 4.69) is 9.80 Å². The summed E-state index contributed by atoms with van der Waals surface area (Å²) in [6, 6.07) is 3.69. The van der Waals surface area contributed by atoms with E-state index in [0.29, 0.717) is 19.8 Å². The molecular weight excluding hydrogens is 272 g/mol. The van der Waals surface area contributed by atoms with Crippen molar-refractivity contribution in [2.24, 2.45) is 0 Å². The van der Waals surface area contributed by atoms with E-state index < -0.39 is 6.10 Å². The number of nitrogens with zero attached hydrogens (tertiary/aromatic N) is 2. The van der Waals surface area contributed by atoms with E-state index in [9.17, 15) is 5.11 Å². The standard InChI is InChI=1S/C15H26N2O4/c1-16(2)9-15-10-17(5-7-21-15)8-13(18)11-19-12-14-4-3-6-20-14/h3-4,6,13,15,18H,5,7-12H2,1-2H3/t13-,15-/m0/s1. The second-order valence-electron chi connectivity index (χ2n) is 5.76. The molecule has 1 aromatic heterocycles. The Hall–Kier alpha value is -0.920. The highest BCUT2D eigenvalue weighted by Crippen LogP contribution is 2.08. The van der Waals surface area contributed by atoms with Crippen LogP contribution in [0, 0.1) is 0 Å². The Morgan fingerprint density at radius 3 is 3.10 bits per heavy atom. The van der Waals surface area contributed by atoms with Crippen molar-refractivity contribution in [3.63, 3.8) is 0 Å². The maximum atomic E-state index is 10.0. The fourth-order valence-electron chi connectivity index (χ4n) is 2.50. The van der Waals surface area contributed by atoms with E-state index in [1.807, 2.05) is 26.2 Å². The zero-order valence-corrected chi connectivity index (χ0v) is 12.9. The minimum Gasteiger partial charge on any atom is -0.467 e. The summed E-state index contributed by atoms with van der Waals surface area (Å²) in [5.41, 5.74) is 0. The number of β-amino-alcohol motifs (C(OH)–C–C–N with tert-alkyl or cyclic N) is 1. The average Bonchev–Trinajstić information content (AvgIpc) is 2.91. The first-order valence-electron chi connectivity index (χ1n) is 7.40.